The largest absolute Gasteiger partial charge is 0.495 e. The van der Waals surface area contributed by atoms with E-state index in [9.17, 15) is 0 Å². The number of ether oxygens (including phenoxy) is 2. The lowest BCUT2D eigenvalue weighted by Gasteiger charge is -2.47. The molecule has 0 unspecified atom stereocenters. The van der Waals surface area contributed by atoms with Crippen LogP contribution in [-0.2, 0) is 9.47 Å². The summed E-state index contributed by atoms with van der Waals surface area (Å²) in [6, 6.07) is 0. The van der Waals surface area contributed by atoms with Gasteiger partial charge in [0.1, 0.15) is 11.2 Å². The van der Waals surface area contributed by atoms with E-state index in [1.807, 2.05) is 38.5 Å². The quantitative estimate of drug-likeness (QED) is 0.529. The van der Waals surface area contributed by atoms with Crippen molar-refractivity contribution in [3.63, 3.8) is 0 Å². The Bertz CT molecular complexity index is 356. The molecule has 0 radical (unpaired) electrons. The molecule has 0 aromatic rings. The molecule has 0 amide bonds. The van der Waals surface area contributed by atoms with Crippen LogP contribution in [0.4, 0.5) is 0 Å². The Labute approximate surface area is 143 Å². The highest BCUT2D eigenvalue weighted by atomic mass is 16.5. The van der Waals surface area contributed by atoms with Crippen LogP contribution in [0.15, 0.2) is 24.7 Å². The molecule has 0 aromatic carbocycles. The Morgan fingerprint density at radius 1 is 0.739 bits per heavy atom. The summed E-state index contributed by atoms with van der Waals surface area (Å²) >= 11 is 0. The van der Waals surface area contributed by atoms with Crippen LogP contribution in [0, 0.1) is 11.8 Å². The molecule has 2 nitrogen and oxygen atoms in total. The standard InChI is InChI=1S/C21H36O2/c1-5-15-22-20(11-7-18(3)8-12-20)17-21(23-16-6-2)13-9-19(4)10-14-21/h5-6,15-16,18-19H,7-14,17H2,1-4H3. The molecule has 0 spiro atoms. The van der Waals surface area contributed by atoms with Gasteiger partial charge in [0.15, 0.2) is 0 Å². The highest BCUT2D eigenvalue weighted by Gasteiger charge is 2.46. The van der Waals surface area contributed by atoms with Gasteiger partial charge in [0.25, 0.3) is 0 Å². The van der Waals surface area contributed by atoms with Crippen LogP contribution >= 0.6 is 0 Å². The van der Waals surface area contributed by atoms with Crippen LogP contribution in [0.2, 0.25) is 0 Å². The van der Waals surface area contributed by atoms with Crippen LogP contribution < -0.4 is 0 Å². The van der Waals surface area contributed by atoms with Gasteiger partial charge in [-0.15, -0.1) is 0 Å². The molecule has 23 heavy (non-hydrogen) atoms. The van der Waals surface area contributed by atoms with Gasteiger partial charge in [-0.25, -0.2) is 0 Å². The van der Waals surface area contributed by atoms with Gasteiger partial charge < -0.3 is 9.47 Å². The Kier molecular flexibility index (Phi) is 6.61. The summed E-state index contributed by atoms with van der Waals surface area (Å²) in [4.78, 5) is 0. The Morgan fingerprint density at radius 2 is 1.09 bits per heavy atom. The number of allylic oxidation sites excluding steroid dienone is 2. The average molecular weight is 321 g/mol. The van der Waals surface area contributed by atoms with Crippen molar-refractivity contribution in [2.45, 2.75) is 96.7 Å². The predicted octanol–water partition coefficient (Wildman–Crippen LogP) is 6.37. The number of hydrogen-bond acceptors (Lipinski definition) is 2. The summed E-state index contributed by atoms with van der Waals surface area (Å²) in [7, 11) is 0. The zero-order valence-corrected chi connectivity index (χ0v) is 15.6. The summed E-state index contributed by atoms with van der Waals surface area (Å²) in [5.74, 6) is 1.66. The Morgan fingerprint density at radius 3 is 1.39 bits per heavy atom. The Balaban J connectivity index is 2.15. The monoisotopic (exact) mass is 320 g/mol. The summed E-state index contributed by atoms with van der Waals surface area (Å²) in [6.07, 6.45) is 18.6. The normalized spacial score (nSPS) is 39.0. The summed E-state index contributed by atoms with van der Waals surface area (Å²) < 4.78 is 12.6. The van der Waals surface area contributed by atoms with E-state index in [0.717, 1.165) is 43.9 Å². The minimum absolute atomic E-state index is 0.0266. The van der Waals surface area contributed by atoms with Gasteiger partial charge in [-0.2, -0.15) is 0 Å². The maximum Gasteiger partial charge on any atom is 0.112 e. The summed E-state index contributed by atoms with van der Waals surface area (Å²) in [5.41, 5.74) is -0.0532. The van der Waals surface area contributed by atoms with Crippen molar-refractivity contribution < 1.29 is 9.47 Å². The highest BCUT2D eigenvalue weighted by Crippen LogP contribution is 2.46. The van der Waals surface area contributed by atoms with Crippen molar-refractivity contribution in [2.75, 3.05) is 0 Å². The number of rotatable bonds is 6. The van der Waals surface area contributed by atoms with E-state index >= 15 is 0 Å². The first-order chi connectivity index (χ1) is 11.0. The second-order valence-electron chi connectivity index (χ2n) is 8.08. The van der Waals surface area contributed by atoms with E-state index < -0.39 is 0 Å². The molecule has 0 heterocycles. The van der Waals surface area contributed by atoms with E-state index in [0.29, 0.717) is 0 Å². The molecule has 0 aliphatic heterocycles. The van der Waals surface area contributed by atoms with Crippen molar-refractivity contribution >= 4 is 0 Å². The zero-order chi connectivity index (χ0) is 16.8. The molecule has 0 bridgehead atoms. The third-order valence-corrected chi connectivity index (χ3v) is 5.92. The molecule has 2 saturated carbocycles. The van der Waals surface area contributed by atoms with Crippen LogP contribution in [0.1, 0.15) is 85.5 Å². The van der Waals surface area contributed by atoms with Crippen molar-refractivity contribution in [1.29, 1.82) is 0 Å². The third-order valence-electron chi connectivity index (χ3n) is 5.92. The lowest BCUT2D eigenvalue weighted by molar-refractivity contribution is -0.114. The SMILES string of the molecule is CC=COC1(CC2(OC=CC)CCC(C)CC2)CCC(C)CC1. The summed E-state index contributed by atoms with van der Waals surface area (Å²) in [5, 5.41) is 0. The fraction of sp³-hybridized carbons (Fsp3) is 0.810. The maximum atomic E-state index is 6.32. The van der Waals surface area contributed by atoms with Gasteiger partial charge >= 0.3 is 0 Å². The minimum Gasteiger partial charge on any atom is -0.495 e. The predicted molar refractivity (Wildman–Crippen MR) is 97.1 cm³/mol. The van der Waals surface area contributed by atoms with E-state index in [1.165, 1.54) is 25.7 Å². The lowest BCUT2D eigenvalue weighted by Crippen LogP contribution is -2.47. The molecule has 2 heteroatoms. The summed E-state index contributed by atoms with van der Waals surface area (Å²) in [6.45, 7) is 8.81. The molecular formula is C21H36O2. The van der Waals surface area contributed by atoms with Gasteiger partial charge in [-0.05, 0) is 77.0 Å². The topological polar surface area (TPSA) is 18.5 Å². The van der Waals surface area contributed by atoms with Crippen LogP contribution in [0.25, 0.3) is 0 Å². The van der Waals surface area contributed by atoms with Gasteiger partial charge in [-0.1, -0.05) is 26.0 Å². The highest BCUT2D eigenvalue weighted by molar-refractivity contribution is 4.99. The smallest absolute Gasteiger partial charge is 0.112 e. The minimum atomic E-state index is -0.0266. The van der Waals surface area contributed by atoms with Gasteiger partial charge in [0, 0.05) is 6.42 Å². The molecule has 132 valence electrons. The fourth-order valence-electron chi connectivity index (χ4n) is 4.26. The van der Waals surface area contributed by atoms with Gasteiger partial charge in [0.05, 0.1) is 12.5 Å². The molecular weight excluding hydrogens is 284 g/mol. The molecule has 2 aliphatic carbocycles. The van der Waals surface area contributed by atoms with Gasteiger partial charge in [-0.3, -0.25) is 0 Å². The molecule has 0 N–H and O–H groups in total. The molecule has 2 fully saturated rings. The molecule has 2 rings (SSSR count). The van der Waals surface area contributed by atoms with Crippen molar-refractivity contribution in [1.82, 2.24) is 0 Å². The lowest BCUT2D eigenvalue weighted by atomic mass is 9.68. The van der Waals surface area contributed by atoms with Crippen LogP contribution in [0.5, 0.6) is 0 Å². The average Bonchev–Trinajstić information content (AvgIpc) is 2.57. The van der Waals surface area contributed by atoms with Crippen molar-refractivity contribution in [3.8, 4) is 0 Å². The van der Waals surface area contributed by atoms with Crippen LogP contribution in [0.3, 0.4) is 0 Å². The first-order valence-corrected chi connectivity index (χ1v) is 9.61. The van der Waals surface area contributed by atoms with Crippen molar-refractivity contribution in [3.05, 3.63) is 24.7 Å². The maximum absolute atomic E-state index is 6.32. The molecule has 0 aromatic heterocycles. The third kappa shape index (κ3) is 5.02. The zero-order valence-electron chi connectivity index (χ0n) is 15.6. The van der Waals surface area contributed by atoms with Crippen LogP contribution in [-0.4, -0.2) is 11.2 Å². The second-order valence-corrected chi connectivity index (χ2v) is 8.08. The first-order valence-electron chi connectivity index (χ1n) is 9.61. The van der Waals surface area contributed by atoms with E-state index in [-0.39, 0.29) is 11.2 Å². The molecule has 2 aliphatic rings. The first kappa shape index (κ1) is 18.4. The molecule has 0 saturated heterocycles. The molecule has 0 atom stereocenters. The number of hydrogen-bond donors (Lipinski definition) is 0. The second kappa shape index (κ2) is 8.26. The Hall–Kier alpha value is -0.920. The fourth-order valence-corrected chi connectivity index (χ4v) is 4.26. The van der Waals surface area contributed by atoms with E-state index in [2.05, 4.69) is 13.8 Å². The van der Waals surface area contributed by atoms with Gasteiger partial charge in [0.2, 0.25) is 0 Å². The van der Waals surface area contributed by atoms with E-state index in [4.69, 9.17) is 9.47 Å². The van der Waals surface area contributed by atoms with E-state index in [1.54, 1.807) is 0 Å². The van der Waals surface area contributed by atoms with Crippen molar-refractivity contribution in [2.24, 2.45) is 11.8 Å².